The summed E-state index contributed by atoms with van der Waals surface area (Å²) >= 11 is 0. The molecule has 1 N–H and O–H groups in total. The first-order chi connectivity index (χ1) is 11.9. The lowest BCUT2D eigenvalue weighted by atomic mass is 9.85. The number of rotatable bonds is 3. The molecule has 0 atom stereocenters. The second-order valence-corrected chi connectivity index (χ2v) is 6.40. The van der Waals surface area contributed by atoms with Gasteiger partial charge in [-0.2, -0.15) is 0 Å². The summed E-state index contributed by atoms with van der Waals surface area (Å²) in [5.74, 6) is -1.55. The Bertz CT molecular complexity index is 790. The fourth-order valence-electron chi connectivity index (χ4n) is 3.08. The molecular weight excluding hydrogens is 328 g/mol. The van der Waals surface area contributed by atoms with Crippen LogP contribution in [0.5, 0.6) is 0 Å². The zero-order valence-electron chi connectivity index (χ0n) is 13.9. The molecular formula is C18H19F2N3O2. The highest BCUT2D eigenvalue weighted by Gasteiger charge is 2.35. The minimum absolute atomic E-state index is 0.0191. The number of piperidine rings is 1. The van der Waals surface area contributed by atoms with E-state index in [1.165, 1.54) is 18.3 Å². The number of benzene rings is 1. The fraction of sp³-hybridized carbons (Fsp3) is 0.389. The third-order valence-electron chi connectivity index (χ3n) is 4.53. The smallest absolute Gasteiger partial charge is 0.272 e. The molecule has 3 rings (SSSR count). The van der Waals surface area contributed by atoms with E-state index in [0.717, 1.165) is 6.07 Å². The van der Waals surface area contributed by atoms with Gasteiger partial charge in [0.15, 0.2) is 11.6 Å². The number of halogens is 2. The zero-order chi connectivity index (χ0) is 18.0. The van der Waals surface area contributed by atoms with E-state index in [-0.39, 0.29) is 17.9 Å². The number of aromatic nitrogens is 2. The lowest BCUT2D eigenvalue weighted by Crippen LogP contribution is -2.48. The minimum atomic E-state index is -1.16. The summed E-state index contributed by atoms with van der Waals surface area (Å²) in [4.78, 5) is 22.2. The van der Waals surface area contributed by atoms with Gasteiger partial charge in [-0.05, 0) is 37.5 Å². The van der Waals surface area contributed by atoms with Gasteiger partial charge in [0.25, 0.3) is 5.91 Å². The maximum atomic E-state index is 13.8. The van der Waals surface area contributed by atoms with Crippen molar-refractivity contribution in [3.63, 3.8) is 0 Å². The van der Waals surface area contributed by atoms with Gasteiger partial charge in [-0.25, -0.2) is 18.7 Å². The maximum Gasteiger partial charge on any atom is 0.272 e. The number of carbonyl (C=O) groups excluding carboxylic acids is 1. The highest BCUT2D eigenvalue weighted by atomic mass is 19.2. The second kappa shape index (κ2) is 6.84. The van der Waals surface area contributed by atoms with E-state index in [9.17, 15) is 18.7 Å². The SMILES string of the molecule is Cc1nccc(C(=O)N2CCC(O)(Cc3cccc(F)c3F)CC2)n1. The molecule has 0 saturated carbocycles. The molecule has 132 valence electrons. The molecule has 0 aliphatic carbocycles. The zero-order valence-corrected chi connectivity index (χ0v) is 13.9. The predicted octanol–water partition coefficient (Wildman–Crippen LogP) is 2.27. The van der Waals surface area contributed by atoms with E-state index >= 15 is 0 Å². The summed E-state index contributed by atoms with van der Waals surface area (Å²) in [7, 11) is 0. The Balaban J connectivity index is 1.66. The molecule has 0 spiro atoms. The Morgan fingerprint density at radius 1 is 1.28 bits per heavy atom. The van der Waals surface area contributed by atoms with Gasteiger partial charge in [0.1, 0.15) is 11.5 Å². The van der Waals surface area contributed by atoms with Crippen LogP contribution in [0.15, 0.2) is 30.5 Å². The van der Waals surface area contributed by atoms with Gasteiger partial charge in [0.2, 0.25) is 0 Å². The van der Waals surface area contributed by atoms with Crippen LogP contribution in [-0.4, -0.2) is 44.6 Å². The third kappa shape index (κ3) is 3.82. The Hall–Kier alpha value is -2.41. The molecule has 1 amide bonds. The van der Waals surface area contributed by atoms with E-state index in [1.807, 2.05) is 0 Å². The first kappa shape index (κ1) is 17.4. The van der Waals surface area contributed by atoms with Crippen LogP contribution in [-0.2, 0) is 6.42 Å². The number of hydrogen-bond acceptors (Lipinski definition) is 4. The highest BCUT2D eigenvalue weighted by molar-refractivity contribution is 5.92. The molecule has 2 aromatic rings. The largest absolute Gasteiger partial charge is 0.389 e. The summed E-state index contributed by atoms with van der Waals surface area (Å²) < 4.78 is 27.2. The highest BCUT2D eigenvalue weighted by Crippen LogP contribution is 2.28. The number of likely N-dealkylation sites (tertiary alicyclic amines) is 1. The molecule has 1 aliphatic heterocycles. The van der Waals surface area contributed by atoms with Crippen molar-refractivity contribution in [2.24, 2.45) is 0 Å². The van der Waals surface area contributed by atoms with Crippen LogP contribution in [0.3, 0.4) is 0 Å². The number of aryl methyl sites for hydroxylation is 1. The average molecular weight is 347 g/mol. The maximum absolute atomic E-state index is 13.8. The summed E-state index contributed by atoms with van der Waals surface area (Å²) in [5.41, 5.74) is -0.699. The predicted molar refractivity (Wildman–Crippen MR) is 86.9 cm³/mol. The van der Waals surface area contributed by atoms with Gasteiger partial charge in [-0.15, -0.1) is 0 Å². The van der Waals surface area contributed by atoms with Crippen LogP contribution in [0.1, 0.15) is 34.7 Å². The van der Waals surface area contributed by atoms with E-state index in [4.69, 9.17) is 0 Å². The van der Waals surface area contributed by atoms with Gasteiger partial charge >= 0.3 is 0 Å². The fourth-order valence-corrected chi connectivity index (χ4v) is 3.08. The van der Waals surface area contributed by atoms with Crippen molar-refractivity contribution in [1.29, 1.82) is 0 Å². The standard InChI is InChI=1S/C18H19F2N3O2/c1-12-21-8-5-15(22-12)17(24)23-9-6-18(25,7-10-23)11-13-3-2-4-14(19)16(13)20/h2-5,8,25H,6-7,9-11H2,1H3. The van der Waals surface area contributed by atoms with Crippen molar-refractivity contribution < 1.29 is 18.7 Å². The van der Waals surface area contributed by atoms with E-state index in [0.29, 0.717) is 37.4 Å². The van der Waals surface area contributed by atoms with Crippen LogP contribution in [0.25, 0.3) is 0 Å². The van der Waals surface area contributed by atoms with Crippen molar-refractivity contribution in [2.75, 3.05) is 13.1 Å². The van der Waals surface area contributed by atoms with Crippen molar-refractivity contribution in [2.45, 2.75) is 31.8 Å². The first-order valence-electron chi connectivity index (χ1n) is 8.12. The second-order valence-electron chi connectivity index (χ2n) is 6.40. The Morgan fingerprint density at radius 3 is 2.68 bits per heavy atom. The third-order valence-corrected chi connectivity index (χ3v) is 4.53. The van der Waals surface area contributed by atoms with Crippen LogP contribution in [0, 0.1) is 18.6 Å². The molecule has 1 fully saturated rings. The summed E-state index contributed by atoms with van der Waals surface area (Å²) in [6.45, 7) is 2.36. The normalized spacial score (nSPS) is 16.7. The van der Waals surface area contributed by atoms with Gasteiger partial charge < -0.3 is 10.0 Å². The monoisotopic (exact) mass is 347 g/mol. The molecule has 5 nitrogen and oxygen atoms in total. The minimum Gasteiger partial charge on any atom is -0.389 e. The number of amides is 1. The summed E-state index contributed by atoms with van der Waals surface area (Å²) in [6, 6.07) is 5.50. The van der Waals surface area contributed by atoms with Crippen molar-refractivity contribution >= 4 is 5.91 Å². The number of nitrogens with zero attached hydrogens (tertiary/aromatic N) is 3. The van der Waals surface area contributed by atoms with Crippen LogP contribution < -0.4 is 0 Å². The first-order valence-corrected chi connectivity index (χ1v) is 8.12. The molecule has 1 saturated heterocycles. The van der Waals surface area contributed by atoms with Crippen LogP contribution >= 0.6 is 0 Å². The van der Waals surface area contributed by atoms with Crippen LogP contribution in [0.2, 0.25) is 0 Å². The van der Waals surface area contributed by atoms with Gasteiger partial charge in [-0.1, -0.05) is 12.1 Å². The van der Waals surface area contributed by atoms with E-state index in [2.05, 4.69) is 9.97 Å². The molecule has 0 bridgehead atoms. The quantitative estimate of drug-likeness (QED) is 0.925. The number of aliphatic hydroxyl groups is 1. The molecule has 1 aromatic carbocycles. The summed E-state index contributed by atoms with van der Waals surface area (Å²) in [6.07, 6.45) is 2.13. The van der Waals surface area contributed by atoms with Gasteiger partial charge in [0.05, 0.1) is 5.60 Å². The van der Waals surface area contributed by atoms with Crippen molar-refractivity contribution in [3.8, 4) is 0 Å². The topological polar surface area (TPSA) is 66.3 Å². The lowest BCUT2D eigenvalue weighted by Gasteiger charge is -2.38. The molecule has 0 unspecified atom stereocenters. The Kier molecular flexibility index (Phi) is 4.76. The van der Waals surface area contributed by atoms with Gasteiger partial charge in [0, 0.05) is 25.7 Å². The Labute approximate surface area is 144 Å². The summed E-state index contributed by atoms with van der Waals surface area (Å²) in [5, 5.41) is 10.7. The molecule has 7 heteroatoms. The molecule has 25 heavy (non-hydrogen) atoms. The van der Waals surface area contributed by atoms with Crippen LogP contribution in [0.4, 0.5) is 8.78 Å². The van der Waals surface area contributed by atoms with E-state index in [1.54, 1.807) is 17.9 Å². The number of hydrogen-bond donors (Lipinski definition) is 1. The molecule has 1 aromatic heterocycles. The van der Waals surface area contributed by atoms with Crippen molar-refractivity contribution in [3.05, 3.63) is 59.2 Å². The lowest BCUT2D eigenvalue weighted by molar-refractivity contribution is -0.0170. The number of carbonyl (C=O) groups is 1. The van der Waals surface area contributed by atoms with E-state index < -0.39 is 17.2 Å². The van der Waals surface area contributed by atoms with Crippen molar-refractivity contribution in [1.82, 2.24) is 14.9 Å². The molecule has 1 aliphatic rings. The van der Waals surface area contributed by atoms with Gasteiger partial charge in [-0.3, -0.25) is 4.79 Å². The molecule has 0 radical (unpaired) electrons. The average Bonchev–Trinajstić information content (AvgIpc) is 2.59. The Morgan fingerprint density at radius 2 is 2.00 bits per heavy atom. The molecule has 2 heterocycles.